The molecule has 0 aliphatic rings. The van der Waals surface area contributed by atoms with Crippen LogP contribution in [0.15, 0.2) is 60.4 Å². The number of nitrogens with zero attached hydrogens (tertiary/aromatic N) is 1. The van der Waals surface area contributed by atoms with Crippen molar-refractivity contribution in [2.75, 3.05) is 26.9 Å². The van der Waals surface area contributed by atoms with E-state index in [4.69, 9.17) is 25.8 Å². The standard InChI is InChI=1S/C21H22ClNO3/c1-24-21(20(16-23)17-7-5-8-18(22)15-17)11-14-25-12-6-13-26-19-9-3-2-4-10-19/h2-5,7-10,15H,6,11-14H2,1H3/b21-20-. The number of para-hydroxylation sites is 1. The molecule has 0 atom stereocenters. The molecule has 0 bridgehead atoms. The van der Waals surface area contributed by atoms with Crippen LogP contribution in [0, 0.1) is 11.3 Å². The van der Waals surface area contributed by atoms with Crippen LogP contribution in [0.5, 0.6) is 5.75 Å². The van der Waals surface area contributed by atoms with Crippen LogP contribution in [-0.4, -0.2) is 26.9 Å². The van der Waals surface area contributed by atoms with E-state index in [1.165, 1.54) is 0 Å². The summed E-state index contributed by atoms with van der Waals surface area (Å²) < 4.78 is 16.6. The predicted octanol–water partition coefficient (Wildman–Crippen LogP) is 5.10. The first-order chi connectivity index (χ1) is 12.7. The van der Waals surface area contributed by atoms with Crippen LogP contribution < -0.4 is 4.74 Å². The van der Waals surface area contributed by atoms with Crippen LogP contribution in [0.3, 0.4) is 0 Å². The van der Waals surface area contributed by atoms with Gasteiger partial charge in [-0.3, -0.25) is 0 Å². The molecule has 0 amide bonds. The number of ether oxygens (including phenoxy) is 3. The van der Waals surface area contributed by atoms with Crippen molar-refractivity contribution in [3.8, 4) is 11.8 Å². The highest BCUT2D eigenvalue weighted by molar-refractivity contribution is 6.30. The molecule has 0 spiro atoms. The van der Waals surface area contributed by atoms with Gasteiger partial charge < -0.3 is 14.2 Å². The van der Waals surface area contributed by atoms with Gasteiger partial charge in [0.1, 0.15) is 17.6 Å². The quantitative estimate of drug-likeness (QED) is 0.331. The fourth-order valence-electron chi connectivity index (χ4n) is 2.40. The van der Waals surface area contributed by atoms with Gasteiger partial charge in [0.25, 0.3) is 0 Å². The fraction of sp³-hybridized carbons (Fsp3) is 0.286. The molecule has 0 radical (unpaired) electrons. The minimum atomic E-state index is 0.472. The highest BCUT2D eigenvalue weighted by Gasteiger charge is 2.10. The Morgan fingerprint density at radius 2 is 1.85 bits per heavy atom. The largest absolute Gasteiger partial charge is 0.500 e. The predicted molar refractivity (Wildman–Crippen MR) is 103 cm³/mol. The Morgan fingerprint density at radius 3 is 2.54 bits per heavy atom. The average molecular weight is 372 g/mol. The van der Waals surface area contributed by atoms with E-state index in [9.17, 15) is 5.26 Å². The summed E-state index contributed by atoms with van der Waals surface area (Å²) in [5.74, 6) is 1.45. The molecule has 4 nitrogen and oxygen atoms in total. The van der Waals surface area contributed by atoms with Gasteiger partial charge in [0.05, 0.1) is 25.9 Å². The smallest absolute Gasteiger partial charge is 0.119 e. The van der Waals surface area contributed by atoms with E-state index in [0.29, 0.717) is 42.6 Å². The fourth-order valence-corrected chi connectivity index (χ4v) is 2.59. The van der Waals surface area contributed by atoms with Crippen molar-refractivity contribution in [1.29, 1.82) is 5.26 Å². The lowest BCUT2D eigenvalue weighted by molar-refractivity contribution is 0.112. The summed E-state index contributed by atoms with van der Waals surface area (Å²) in [6, 6.07) is 19.1. The Labute approximate surface area is 159 Å². The zero-order chi connectivity index (χ0) is 18.6. The van der Waals surface area contributed by atoms with Crippen molar-refractivity contribution < 1.29 is 14.2 Å². The number of benzene rings is 2. The highest BCUT2D eigenvalue weighted by Crippen LogP contribution is 2.23. The van der Waals surface area contributed by atoms with E-state index in [-0.39, 0.29) is 0 Å². The topological polar surface area (TPSA) is 51.5 Å². The highest BCUT2D eigenvalue weighted by atomic mass is 35.5. The van der Waals surface area contributed by atoms with Crippen LogP contribution >= 0.6 is 11.6 Å². The molecular weight excluding hydrogens is 350 g/mol. The maximum atomic E-state index is 9.46. The molecule has 0 heterocycles. The summed E-state index contributed by atoms with van der Waals surface area (Å²) >= 11 is 6.00. The van der Waals surface area contributed by atoms with Gasteiger partial charge in [-0.25, -0.2) is 0 Å². The van der Waals surface area contributed by atoms with E-state index in [1.54, 1.807) is 19.2 Å². The second-order valence-electron chi connectivity index (χ2n) is 5.50. The molecule has 26 heavy (non-hydrogen) atoms. The SMILES string of the molecule is CO/C(CCOCCCOc1ccccc1)=C(/C#N)c1cccc(Cl)c1. The second kappa shape index (κ2) is 11.2. The van der Waals surface area contributed by atoms with Crippen molar-refractivity contribution in [1.82, 2.24) is 0 Å². The van der Waals surface area contributed by atoms with Crippen molar-refractivity contribution in [3.05, 3.63) is 70.9 Å². The van der Waals surface area contributed by atoms with Gasteiger partial charge >= 0.3 is 0 Å². The van der Waals surface area contributed by atoms with Gasteiger partial charge in [0.2, 0.25) is 0 Å². The zero-order valence-corrected chi connectivity index (χ0v) is 15.5. The Kier molecular flexibility index (Phi) is 8.54. The van der Waals surface area contributed by atoms with Gasteiger partial charge in [-0.15, -0.1) is 0 Å². The third-order valence-electron chi connectivity index (χ3n) is 3.67. The molecule has 2 aromatic carbocycles. The van der Waals surface area contributed by atoms with Crippen molar-refractivity contribution in [2.24, 2.45) is 0 Å². The number of nitriles is 1. The van der Waals surface area contributed by atoms with Crippen LogP contribution in [0.1, 0.15) is 18.4 Å². The summed E-state index contributed by atoms with van der Waals surface area (Å²) in [5.41, 5.74) is 1.22. The Balaban J connectivity index is 1.76. The maximum absolute atomic E-state index is 9.46. The van der Waals surface area contributed by atoms with E-state index >= 15 is 0 Å². The molecule has 2 aromatic rings. The average Bonchev–Trinajstić information content (AvgIpc) is 2.67. The number of rotatable bonds is 10. The number of halogens is 1. The molecule has 0 aliphatic carbocycles. The third-order valence-corrected chi connectivity index (χ3v) is 3.90. The third kappa shape index (κ3) is 6.44. The first-order valence-corrected chi connectivity index (χ1v) is 8.81. The minimum absolute atomic E-state index is 0.472. The second-order valence-corrected chi connectivity index (χ2v) is 5.94. The lowest BCUT2D eigenvalue weighted by Crippen LogP contribution is -2.05. The van der Waals surface area contributed by atoms with Crippen LogP contribution in [-0.2, 0) is 9.47 Å². The summed E-state index contributed by atoms with van der Waals surface area (Å²) in [5, 5.41) is 10.0. The maximum Gasteiger partial charge on any atom is 0.119 e. The number of hydrogen-bond donors (Lipinski definition) is 0. The normalized spacial score (nSPS) is 11.4. The number of methoxy groups -OCH3 is 1. The molecule has 5 heteroatoms. The summed E-state index contributed by atoms with van der Waals surface area (Å²) in [7, 11) is 1.56. The monoisotopic (exact) mass is 371 g/mol. The van der Waals surface area contributed by atoms with Crippen molar-refractivity contribution in [2.45, 2.75) is 12.8 Å². The van der Waals surface area contributed by atoms with Crippen molar-refractivity contribution in [3.63, 3.8) is 0 Å². The lowest BCUT2D eigenvalue weighted by Gasteiger charge is -2.11. The number of allylic oxidation sites excluding steroid dienone is 1. The van der Waals surface area contributed by atoms with E-state index in [1.807, 2.05) is 42.5 Å². The van der Waals surface area contributed by atoms with E-state index in [2.05, 4.69) is 6.07 Å². The minimum Gasteiger partial charge on any atom is -0.500 e. The van der Waals surface area contributed by atoms with Gasteiger partial charge in [-0.2, -0.15) is 5.26 Å². The molecule has 0 saturated heterocycles. The summed E-state index contributed by atoms with van der Waals surface area (Å²) in [4.78, 5) is 0. The molecule has 0 aromatic heterocycles. The lowest BCUT2D eigenvalue weighted by atomic mass is 10.0. The Hall–Kier alpha value is -2.48. The Bertz CT molecular complexity index is 753. The van der Waals surface area contributed by atoms with Gasteiger partial charge in [0.15, 0.2) is 0 Å². The van der Waals surface area contributed by atoms with Crippen LogP contribution in [0.4, 0.5) is 0 Å². The first kappa shape index (κ1) is 19.8. The van der Waals surface area contributed by atoms with Gasteiger partial charge in [0, 0.05) is 24.5 Å². The molecule has 0 N–H and O–H groups in total. The van der Waals surface area contributed by atoms with Crippen LogP contribution in [0.2, 0.25) is 5.02 Å². The van der Waals surface area contributed by atoms with E-state index in [0.717, 1.165) is 17.7 Å². The summed E-state index contributed by atoms with van der Waals surface area (Å²) in [6.45, 7) is 1.66. The van der Waals surface area contributed by atoms with Crippen molar-refractivity contribution >= 4 is 17.2 Å². The molecule has 0 aliphatic heterocycles. The molecule has 0 fully saturated rings. The van der Waals surface area contributed by atoms with Gasteiger partial charge in [-0.05, 0) is 29.8 Å². The Morgan fingerprint density at radius 1 is 1.04 bits per heavy atom. The van der Waals surface area contributed by atoms with E-state index < -0.39 is 0 Å². The first-order valence-electron chi connectivity index (χ1n) is 8.43. The van der Waals surface area contributed by atoms with Crippen LogP contribution in [0.25, 0.3) is 5.57 Å². The molecular formula is C21H22ClNO3. The number of hydrogen-bond acceptors (Lipinski definition) is 4. The molecule has 0 unspecified atom stereocenters. The molecule has 2 rings (SSSR count). The zero-order valence-electron chi connectivity index (χ0n) is 14.8. The molecule has 0 saturated carbocycles. The van der Waals surface area contributed by atoms with Gasteiger partial charge in [-0.1, -0.05) is 41.9 Å². The molecule has 136 valence electrons. The summed E-state index contributed by atoms with van der Waals surface area (Å²) in [6.07, 6.45) is 1.31.